The number of likely N-dealkylation sites (tertiary alicyclic amines) is 1. The molecule has 150 valence electrons. The minimum atomic E-state index is -0.924. The maximum atomic E-state index is 13.1. The zero-order valence-electron chi connectivity index (χ0n) is 16.2. The normalized spacial score (nSPS) is 18.3. The molecule has 2 saturated heterocycles. The van der Waals surface area contributed by atoms with Crippen LogP contribution < -0.4 is 5.32 Å². The molecule has 2 aliphatic heterocycles. The van der Waals surface area contributed by atoms with Gasteiger partial charge in [-0.1, -0.05) is 47.5 Å². The van der Waals surface area contributed by atoms with Crippen molar-refractivity contribution >= 4 is 29.4 Å². The Hall–Kier alpha value is -2.86. The number of piperidine rings is 1. The first-order chi connectivity index (χ1) is 13.9. The summed E-state index contributed by atoms with van der Waals surface area (Å²) in [5.41, 5.74) is 1.63. The molecule has 29 heavy (non-hydrogen) atoms. The summed E-state index contributed by atoms with van der Waals surface area (Å²) in [6.07, 6.45) is 0.794. The Labute approximate surface area is 174 Å². The lowest BCUT2D eigenvalue weighted by atomic mass is 9.87. The highest BCUT2D eigenvalue weighted by Gasteiger charge is 2.52. The van der Waals surface area contributed by atoms with Gasteiger partial charge in [0.1, 0.15) is 5.54 Å². The first-order valence-corrected chi connectivity index (χ1v) is 10.0. The number of halogens is 1. The molecule has 2 heterocycles. The zero-order valence-corrected chi connectivity index (χ0v) is 16.9. The lowest BCUT2D eigenvalue weighted by molar-refractivity contribution is -0.133. The van der Waals surface area contributed by atoms with Gasteiger partial charge in [-0.25, -0.2) is 4.79 Å². The number of hydrogen-bond acceptors (Lipinski definition) is 3. The van der Waals surface area contributed by atoms with Crippen LogP contribution in [0.25, 0.3) is 0 Å². The van der Waals surface area contributed by atoms with Crippen LogP contribution in [0.3, 0.4) is 0 Å². The summed E-state index contributed by atoms with van der Waals surface area (Å²) in [7, 11) is 0. The van der Waals surface area contributed by atoms with Crippen LogP contribution in [0.1, 0.15) is 34.3 Å². The van der Waals surface area contributed by atoms with Crippen molar-refractivity contribution in [2.24, 2.45) is 0 Å². The number of amides is 4. The van der Waals surface area contributed by atoms with Gasteiger partial charge in [0.2, 0.25) is 0 Å². The van der Waals surface area contributed by atoms with E-state index in [9.17, 15) is 14.4 Å². The molecule has 7 heteroatoms. The van der Waals surface area contributed by atoms with E-state index in [0.717, 1.165) is 11.1 Å². The van der Waals surface area contributed by atoms with Gasteiger partial charge < -0.3 is 10.2 Å². The fraction of sp³-hybridized carbons (Fsp3) is 0.318. The van der Waals surface area contributed by atoms with Gasteiger partial charge in [-0.3, -0.25) is 14.5 Å². The molecule has 4 rings (SSSR count). The van der Waals surface area contributed by atoms with Gasteiger partial charge in [0, 0.05) is 23.7 Å². The number of nitrogens with zero attached hydrogens (tertiary/aromatic N) is 2. The summed E-state index contributed by atoms with van der Waals surface area (Å²) < 4.78 is 0. The zero-order chi connectivity index (χ0) is 20.6. The average Bonchev–Trinajstić information content (AvgIpc) is 2.94. The van der Waals surface area contributed by atoms with Crippen LogP contribution in [0, 0.1) is 6.92 Å². The highest BCUT2D eigenvalue weighted by atomic mass is 35.5. The summed E-state index contributed by atoms with van der Waals surface area (Å²) in [5, 5.41) is 3.40. The van der Waals surface area contributed by atoms with Crippen molar-refractivity contribution in [2.45, 2.75) is 31.8 Å². The van der Waals surface area contributed by atoms with Gasteiger partial charge in [0.25, 0.3) is 11.8 Å². The van der Waals surface area contributed by atoms with Gasteiger partial charge in [-0.2, -0.15) is 0 Å². The number of benzene rings is 2. The van der Waals surface area contributed by atoms with E-state index in [-0.39, 0.29) is 24.4 Å². The Kier molecular flexibility index (Phi) is 5.04. The van der Waals surface area contributed by atoms with Gasteiger partial charge in [-0.05, 0) is 43.5 Å². The number of aryl methyl sites for hydroxylation is 1. The van der Waals surface area contributed by atoms with Crippen LogP contribution in [0.15, 0.2) is 48.5 Å². The highest BCUT2D eigenvalue weighted by molar-refractivity contribution is 6.31. The van der Waals surface area contributed by atoms with Gasteiger partial charge in [0.15, 0.2) is 0 Å². The van der Waals surface area contributed by atoms with E-state index in [1.807, 2.05) is 31.2 Å². The maximum Gasteiger partial charge on any atom is 0.325 e. The molecule has 2 aromatic carbocycles. The SMILES string of the molecule is Cc1ccc(CN2C(=O)NC3(CCN(C(=O)c4cccc(Cl)c4)CC3)C2=O)cc1. The lowest BCUT2D eigenvalue weighted by Gasteiger charge is -2.37. The van der Waals surface area contributed by atoms with E-state index >= 15 is 0 Å². The van der Waals surface area contributed by atoms with E-state index in [1.54, 1.807) is 29.2 Å². The smallest absolute Gasteiger partial charge is 0.325 e. The summed E-state index contributed by atoms with van der Waals surface area (Å²) in [6, 6.07) is 14.2. The fourth-order valence-corrected chi connectivity index (χ4v) is 4.12. The number of hydrogen-bond donors (Lipinski definition) is 1. The van der Waals surface area contributed by atoms with E-state index in [4.69, 9.17) is 11.6 Å². The highest BCUT2D eigenvalue weighted by Crippen LogP contribution is 2.31. The van der Waals surface area contributed by atoms with Crippen LogP contribution in [0.4, 0.5) is 4.79 Å². The van der Waals surface area contributed by atoms with Crippen molar-refractivity contribution in [2.75, 3.05) is 13.1 Å². The van der Waals surface area contributed by atoms with Crippen molar-refractivity contribution < 1.29 is 14.4 Å². The van der Waals surface area contributed by atoms with Crippen LogP contribution in [-0.2, 0) is 11.3 Å². The molecule has 1 N–H and O–H groups in total. The second-order valence-electron chi connectivity index (χ2n) is 7.69. The lowest BCUT2D eigenvalue weighted by Crippen LogP contribution is -2.55. The Morgan fingerprint density at radius 3 is 2.45 bits per heavy atom. The number of imide groups is 1. The number of rotatable bonds is 3. The Morgan fingerprint density at radius 1 is 1.10 bits per heavy atom. The summed E-state index contributed by atoms with van der Waals surface area (Å²) in [6.45, 7) is 3.04. The molecule has 0 aliphatic carbocycles. The van der Waals surface area contributed by atoms with E-state index in [0.29, 0.717) is 36.5 Å². The Bertz CT molecular complexity index is 966. The molecule has 0 saturated carbocycles. The van der Waals surface area contributed by atoms with Crippen molar-refractivity contribution in [1.29, 1.82) is 0 Å². The molecule has 0 unspecified atom stereocenters. The predicted octanol–water partition coefficient (Wildman–Crippen LogP) is 3.38. The molecular weight excluding hydrogens is 390 g/mol. The summed E-state index contributed by atoms with van der Waals surface area (Å²) in [5.74, 6) is -0.325. The van der Waals surface area contributed by atoms with Crippen molar-refractivity contribution in [1.82, 2.24) is 15.1 Å². The van der Waals surface area contributed by atoms with Gasteiger partial charge in [-0.15, -0.1) is 0 Å². The standard InChI is InChI=1S/C22H22ClN3O3/c1-15-5-7-16(8-6-15)14-26-20(28)22(24-21(26)29)9-11-25(12-10-22)19(27)17-3-2-4-18(23)13-17/h2-8,13H,9-12,14H2,1H3,(H,24,29). The van der Waals surface area contributed by atoms with Gasteiger partial charge in [0.05, 0.1) is 6.54 Å². The van der Waals surface area contributed by atoms with Crippen LogP contribution >= 0.6 is 11.6 Å². The quantitative estimate of drug-likeness (QED) is 0.787. The molecule has 2 aromatic rings. The minimum Gasteiger partial charge on any atom is -0.338 e. The van der Waals surface area contributed by atoms with Crippen molar-refractivity contribution in [3.05, 3.63) is 70.2 Å². The second-order valence-corrected chi connectivity index (χ2v) is 8.13. The molecule has 0 atom stereocenters. The third kappa shape index (κ3) is 3.72. The largest absolute Gasteiger partial charge is 0.338 e. The number of carbonyl (C=O) groups excluding carboxylic acids is 3. The first kappa shape index (κ1) is 19.5. The maximum absolute atomic E-state index is 13.1. The van der Waals surface area contributed by atoms with E-state index in [1.165, 1.54) is 4.90 Å². The first-order valence-electron chi connectivity index (χ1n) is 9.62. The molecule has 2 fully saturated rings. The average molecular weight is 412 g/mol. The number of nitrogens with one attached hydrogen (secondary N) is 1. The van der Waals surface area contributed by atoms with E-state index in [2.05, 4.69) is 5.32 Å². The fourth-order valence-electron chi connectivity index (χ4n) is 3.93. The Morgan fingerprint density at radius 2 is 1.79 bits per heavy atom. The van der Waals surface area contributed by atoms with Crippen LogP contribution in [0.2, 0.25) is 5.02 Å². The number of urea groups is 1. The van der Waals surface area contributed by atoms with Crippen molar-refractivity contribution in [3.8, 4) is 0 Å². The molecule has 0 radical (unpaired) electrons. The predicted molar refractivity (Wildman–Crippen MR) is 110 cm³/mol. The third-order valence-corrected chi connectivity index (χ3v) is 5.92. The van der Waals surface area contributed by atoms with E-state index < -0.39 is 5.54 Å². The molecule has 1 spiro atoms. The second kappa shape index (κ2) is 7.52. The number of carbonyl (C=O) groups is 3. The van der Waals surface area contributed by atoms with Crippen LogP contribution in [-0.4, -0.2) is 46.3 Å². The minimum absolute atomic E-state index is 0.115. The monoisotopic (exact) mass is 411 g/mol. The Balaban J connectivity index is 1.44. The molecule has 4 amide bonds. The van der Waals surface area contributed by atoms with Crippen molar-refractivity contribution in [3.63, 3.8) is 0 Å². The topological polar surface area (TPSA) is 69.7 Å². The molecular formula is C22H22ClN3O3. The van der Waals surface area contributed by atoms with Crippen LogP contribution in [0.5, 0.6) is 0 Å². The summed E-state index contributed by atoms with van der Waals surface area (Å²) >= 11 is 5.98. The molecule has 0 bridgehead atoms. The third-order valence-electron chi connectivity index (χ3n) is 5.68. The molecule has 0 aromatic heterocycles. The molecule has 2 aliphatic rings. The molecule has 6 nitrogen and oxygen atoms in total. The summed E-state index contributed by atoms with van der Waals surface area (Å²) in [4.78, 5) is 41.3. The van der Waals surface area contributed by atoms with Gasteiger partial charge >= 0.3 is 6.03 Å².